The van der Waals surface area contributed by atoms with E-state index in [0.717, 1.165) is 38.1 Å². The molecule has 0 aliphatic rings. The van der Waals surface area contributed by atoms with Gasteiger partial charge in [-0.2, -0.15) is 0 Å². The third kappa shape index (κ3) is 5.05. The Morgan fingerprint density at radius 2 is 1.64 bits per heavy atom. The van der Waals surface area contributed by atoms with E-state index >= 15 is 0 Å². The third-order valence-electron chi connectivity index (χ3n) is 6.30. The average Bonchev–Trinajstić information content (AvgIpc) is 3.36. The Balaban J connectivity index is 1.45. The molecular weight excluding hydrogens is 454 g/mol. The first-order valence-corrected chi connectivity index (χ1v) is 11.9. The number of nitrogens with zero attached hydrogens (tertiary/aromatic N) is 2. The van der Waals surface area contributed by atoms with Crippen molar-refractivity contribution in [2.24, 2.45) is 0 Å². The van der Waals surface area contributed by atoms with Crippen molar-refractivity contribution in [2.75, 3.05) is 0 Å². The predicted molar refractivity (Wildman–Crippen MR) is 140 cm³/mol. The van der Waals surface area contributed by atoms with Gasteiger partial charge in [-0.1, -0.05) is 75.4 Å². The standard InChI is InChI=1S/C29H29N3O4/c1-29(2,3)23-11-9-21(10-12-23)19-35-24-13-14-26-25(15-24)22(18-32-27(33)30-28(34)36-32)17-31(26)16-20-7-5-4-6-8-20/h4-15,17H,16,18-19H2,1-3H3,(H,30,33,34). The maximum atomic E-state index is 12.1. The molecule has 5 rings (SSSR count). The minimum absolute atomic E-state index is 0.105. The van der Waals surface area contributed by atoms with E-state index in [9.17, 15) is 9.59 Å². The summed E-state index contributed by atoms with van der Waals surface area (Å²) < 4.78 is 14.3. The average molecular weight is 484 g/mol. The molecule has 0 atom stereocenters. The number of hydrogen-bond acceptors (Lipinski definition) is 4. The van der Waals surface area contributed by atoms with E-state index < -0.39 is 11.4 Å². The van der Waals surface area contributed by atoms with Gasteiger partial charge in [0.05, 0.1) is 6.54 Å². The van der Waals surface area contributed by atoms with Crippen molar-refractivity contribution in [3.8, 4) is 5.75 Å². The van der Waals surface area contributed by atoms with Crippen LogP contribution in [0.4, 0.5) is 0 Å². The number of aromatic nitrogens is 3. The summed E-state index contributed by atoms with van der Waals surface area (Å²) in [6.07, 6.45) is 1.99. The monoisotopic (exact) mass is 483 g/mol. The fourth-order valence-electron chi connectivity index (χ4n) is 4.32. The molecule has 0 aliphatic heterocycles. The van der Waals surface area contributed by atoms with Crippen LogP contribution >= 0.6 is 0 Å². The predicted octanol–water partition coefficient (Wildman–Crippen LogP) is 5.06. The molecule has 0 amide bonds. The van der Waals surface area contributed by atoms with Crippen LogP contribution < -0.4 is 16.2 Å². The first kappa shape index (κ1) is 23.5. The van der Waals surface area contributed by atoms with Crippen LogP contribution in [-0.2, 0) is 25.1 Å². The van der Waals surface area contributed by atoms with Crippen LogP contribution in [0.2, 0.25) is 0 Å². The summed E-state index contributed by atoms with van der Waals surface area (Å²) in [5.41, 5.74) is 4.91. The molecule has 0 aliphatic carbocycles. The van der Waals surface area contributed by atoms with Gasteiger partial charge in [0.25, 0.3) is 0 Å². The second-order valence-corrected chi connectivity index (χ2v) is 10.0. The highest BCUT2D eigenvalue weighted by Crippen LogP contribution is 2.28. The van der Waals surface area contributed by atoms with Crippen molar-refractivity contribution in [1.29, 1.82) is 0 Å². The van der Waals surface area contributed by atoms with Gasteiger partial charge in [0.2, 0.25) is 0 Å². The van der Waals surface area contributed by atoms with E-state index in [1.54, 1.807) is 0 Å². The van der Waals surface area contributed by atoms with Gasteiger partial charge in [-0.25, -0.2) is 14.6 Å². The summed E-state index contributed by atoms with van der Waals surface area (Å²) in [6, 6.07) is 24.6. The van der Waals surface area contributed by atoms with E-state index in [4.69, 9.17) is 9.26 Å². The lowest BCUT2D eigenvalue weighted by Crippen LogP contribution is -2.17. The largest absolute Gasteiger partial charge is 0.489 e. The Bertz CT molecular complexity index is 1600. The Labute approximate surface area is 208 Å². The summed E-state index contributed by atoms with van der Waals surface area (Å²) in [5.74, 6) is -0.0431. The quantitative estimate of drug-likeness (QED) is 0.351. The molecule has 5 aromatic rings. The van der Waals surface area contributed by atoms with E-state index in [1.807, 2.05) is 42.6 Å². The third-order valence-corrected chi connectivity index (χ3v) is 6.30. The highest BCUT2D eigenvalue weighted by molar-refractivity contribution is 5.85. The van der Waals surface area contributed by atoms with E-state index in [-0.39, 0.29) is 12.0 Å². The summed E-state index contributed by atoms with van der Waals surface area (Å²) in [7, 11) is 0. The molecule has 3 aromatic carbocycles. The molecule has 7 heteroatoms. The van der Waals surface area contributed by atoms with Crippen LogP contribution in [0.5, 0.6) is 5.75 Å². The normalized spacial score (nSPS) is 11.8. The fraction of sp³-hybridized carbons (Fsp3) is 0.241. The van der Waals surface area contributed by atoms with Crippen LogP contribution in [0.3, 0.4) is 0 Å². The summed E-state index contributed by atoms with van der Waals surface area (Å²) in [6.45, 7) is 7.84. The van der Waals surface area contributed by atoms with Gasteiger partial charge in [0.15, 0.2) is 0 Å². The number of rotatable bonds is 7. The highest BCUT2D eigenvalue weighted by Gasteiger charge is 2.15. The molecule has 1 N–H and O–H groups in total. The van der Waals surface area contributed by atoms with Gasteiger partial charge in [0, 0.05) is 29.2 Å². The second-order valence-electron chi connectivity index (χ2n) is 10.0. The smallest absolute Gasteiger partial charge is 0.440 e. The first-order chi connectivity index (χ1) is 17.3. The molecule has 2 aromatic heterocycles. The zero-order valence-corrected chi connectivity index (χ0v) is 20.7. The zero-order chi connectivity index (χ0) is 25.3. The van der Waals surface area contributed by atoms with Gasteiger partial charge in [-0.05, 0) is 40.3 Å². The van der Waals surface area contributed by atoms with Crippen molar-refractivity contribution in [1.82, 2.24) is 14.3 Å². The van der Waals surface area contributed by atoms with E-state index in [0.29, 0.717) is 13.2 Å². The van der Waals surface area contributed by atoms with Crippen LogP contribution in [0.1, 0.15) is 43.0 Å². The Hall–Kier alpha value is -4.26. The minimum Gasteiger partial charge on any atom is -0.489 e. The summed E-state index contributed by atoms with van der Waals surface area (Å²) >= 11 is 0. The van der Waals surface area contributed by atoms with Crippen molar-refractivity contribution in [3.05, 3.63) is 122 Å². The maximum Gasteiger partial charge on any atom is 0.440 e. The lowest BCUT2D eigenvalue weighted by Gasteiger charge is -2.19. The lowest BCUT2D eigenvalue weighted by molar-refractivity contribution is 0.258. The first-order valence-electron chi connectivity index (χ1n) is 11.9. The maximum absolute atomic E-state index is 12.1. The number of fused-ring (bicyclic) bond motifs is 1. The number of H-pyrrole nitrogens is 1. The number of nitrogens with one attached hydrogen (secondary N) is 1. The number of ether oxygens (including phenoxy) is 1. The molecule has 0 fully saturated rings. The molecule has 184 valence electrons. The highest BCUT2D eigenvalue weighted by atomic mass is 16.5. The van der Waals surface area contributed by atoms with Crippen molar-refractivity contribution >= 4 is 10.9 Å². The second kappa shape index (κ2) is 9.41. The zero-order valence-electron chi connectivity index (χ0n) is 20.7. The Kier molecular flexibility index (Phi) is 6.14. The van der Waals surface area contributed by atoms with Crippen LogP contribution in [0, 0.1) is 0 Å². The Morgan fingerprint density at radius 3 is 2.31 bits per heavy atom. The topological polar surface area (TPSA) is 82.2 Å². The van der Waals surface area contributed by atoms with Crippen LogP contribution in [0.25, 0.3) is 10.9 Å². The summed E-state index contributed by atoms with van der Waals surface area (Å²) in [4.78, 5) is 25.7. The molecule has 2 heterocycles. The molecule has 0 saturated heterocycles. The number of aromatic amines is 1. The SMILES string of the molecule is CC(C)(C)c1ccc(COc2ccc3c(c2)c(Cn2oc(=O)[nH]c2=O)cn3Cc2ccccc2)cc1. The molecular formula is C29H29N3O4. The number of hydrogen-bond donors (Lipinski definition) is 1. The van der Waals surface area contributed by atoms with Gasteiger partial charge in [0.1, 0.15) is 12.4 Å². The van der Waals surface area contributed by atoms with Crippen molar-refractivity contribution < 1.29 is 9.26 Å². The van der Waals surface area contributed by atoms with Gasteiger partial charge in [-0.3, -0.25) is 0 Å². The van der Waals surface area contributed by atoms with Crippen LogP contribution in [0.15, 0.2) is 93.1 Å². The molecule has 7 nitrogen and oxygen atoms in total. The van der Waals surface area contributed by atoms with Gasteiger partial charge in [-0.15, -0.1) is 4.74 Å². The fourth-order valence-corrected chi connectivity index (χ4v) is 4.32. The van der Waals surface area contributed by atoms with Gasteiger partial charge < -0.3 is 13.8 Å². The van der Waals surface area contributed by atoms with Crippen molar-refractivity contribution in [2.45, 2.75) is 45.9 Å². The van der Waals surface area contributed by atoms with Crippen molar-refractivity contribution in [3.63, 3.8) is 0 Å². The van der Waals surface area contributed by atoms with Crippen LogP contribution in [-0.4, -0.2) is 14.3 Å². The molecule has 0 unspecified atom stereocenters. The lowest BCUT2D eigenvalue weighted by atomic mass is 9.87. The molecule has 0 radical (unpaired) electrons. The molecule has 0 saturated carbocycles. The number of benzene rings is 3. The Morgan fingerprint density at radius 1 is 0.889 bits per heavy atom. The minimum atomic E-state index is -0.769. The molecule has 0 spiro atoms. The van der Waals surface area contributed by atoms with E-state index in [1.165, 1.54) is 5.56 Å². The molecule has 36 heavy (non-hydrogen) atoms. The van der Waals surface area contributed by atoms with E-state index in [2.05, 4.69) is 66.7 Å². The van der Waals surface area contributed by atoms with Gasteiger partial charge >= 0.3 is 11.4 Å². The summed E-state index contributed by atoms with van der Waals surface area (Å²) in [5, 5.41) is 0.933. The molecule has 0 bridgehead atoms.